The van der Waals surface area contributed by atoms with E-state index in [1.54, 1.807) is 13.8 Å². The molecule has 1 aliphatic carbocycles. The fraction of sp³-hybridized carbons (Fsp3) is 0.440. The number of hydrogen-bond acceptors (Lipinski definition) is 5. The Hall–Kier alpha value is -3.54. The average molecular weight is 519 g/mol. The molecule has 1 N–H and O–H groups in total. The molecule has 3 aromatic rings. The van der Waals surface area contributed by atoms with Crippen LogP contribution >= 0.6 is 0 Å². The number of amides is 2. The van der Waals surface area contributed by atoms with Crippen molar-refractivity contribution in [2.45, 2.75) is 50.4 Å². The molecule has 2 aliphatic rings. The lowest BCUT2D eigenvalue weighted by Crippen LogP contribution is -2.65. The molecule has 1 saturated heterocycles. The fourth-order valence-corrected chi connectivity index (χ4v) is 4.91. The largest absolute Gasteiger partial charge is 0.420 e. The molecule has 8 nitrogen and oxygen atoms in total. The number of hydrogen-bond donors (Lipinski definition) is 1. The summed E-state index contributed by atoms with van der Waals surface area (Å²) in [5, 5.41) is 14.6. The zero-order valence-corrected chi connectivity index (χ0v) is 20.2. The summed E-state index contributed by atoms with van der Waals surface area (Å²) in [5.74, 6) is -1.50. The third-order valence-corrected chi connectivity index (χ3v) is 7.10. The smallest absolute Gasteiger partial charge is 0.380 e. The van der Waals surface area contributed by atoms with Crippen molar-refractivity contribution in [2.75, 3.05) is 19.6 Å². The van der Waals surface area contributed by atoms with E-state index in [9.17, 15) is 32.3 Å². The number of halogens is 4. The maximum absolute atomic E-state index is 13.9. The number of rotatable bonds is 3. The lowest BCUT2D eigenvalue weighted by Gasteiger charge is -2.49. The third kappa shape index (κ3) is 4.43. The van der Waals surface area contributed by atoms with Crippen molar-refractivity contribution in [1.29, 1.82) is 0 Å². The van der Waals surface area contributed by atoms with E-state index in [0.717, 1.165) is 35.3 Å². The third-order valence-electron chi connectivity index (χ3n) is 7.10. The Morgan fingerprint density at radius 1 is 1.08 bits per heavy atom. The van der Waals surface area contributed by atoms with Gasteiger partial charge in [0.15, 0.2) is 5.65 Å². The minimum absolute atomic E-state index is 0.0578. The monoisotopic (exact) mass is 519 g/mol. The van der Waals surface area contributed by atoms with Crippen molar-refractivity contribution in [3.8, 4) is 11.3 Å². The highest BCUT2D eigenvalue weighted by atomic mass is 19.4. The molecule has 12 heteroatoms. The number of carbonyl (C=O) groups excluding carboxylic acids is 2. The molecule has 196 valence electrons. The van der Waals surface area contributed by atoms with Crippen LogP contribution in [0.4, 0.5) is 17.6 Å². The average Bonchev–Trinajstić information content (AvgIpc) is 3.24. The molecular weight excluding hydrogens is 494 g/mol. The van der Waals surface area contributed by atoms with Crippen LogP contribution in [0.5, 0.6) is 0 Å². The predicted octanol–water partition coefficient (Wildman–Crippen LogP) is 3.53. The Morgan fingerprint density at radius 3 is 2.32 bits per heavy atom. The second-order valence-corrected chi connectivity index (χ2v) is 10.2. The first kappa shape index (κ1) is 25.1. The first-order valence-electron chi connectivity index (χ1n) is 11.9. The summed E-state index contributed by atoms with van der Waals surface area (Å²) in [5.41, 5.74) is -3.83. The minimum atomic E-state index is -4.78. The van der Waals surface area contributed by atoms with Crippen molar-refractivity contribution >= 4 is 17.5 Å². The van der Waals surface area contributed by atoms with E-state index >= 15 is 0 Å². The second kappa shape index (κ2) is 8.51. The summed E-state index contributed by atoms with van der Waals surface area (Å²) < 4.78 is 56.0. The quantitative estimate of drug-likeness (QED) is 0.535. The lowest BCUT2D eigenvalue weighted by molar-refractivity contribution is -0.164. The molecule has 0 unspecified atom stereocenters. The van der Waals surface area contributed by atoms with Gasteiger partial charge in [-0.05, 0) is 63.4 Å². The molecule has 2 fully saturated rings. The Labute approximate surface area is 209 Å². The van der Waals surface area contributed by atoms with Gasteiger partial charge in [0.2, 0.25) is 0 Å². The van der Waals surface area contributed by atoms with E-state index in [2.05, 4.69) is 10.1 Å². The molecule has 0 spiro atoms. The minimum Gasteiger partial charge on any atom is -0.380 e. The molecule has 3 heterocycles. The van der Waals surface area contributed by atoms with Gasteiger partial charge in [0.05, 0.1) is 17.4 Å². The maximum atomic E-state index is 13.9. The van der Waals surface area contributed by atoms with Crippen molar-refractivity contribution in [2.24, 2.45) is 0 Å². The highest BCUT2D eigenvalue weighted by Gasteiger charge is 2.48. The molecule has 2 amide bonds. The van der Waals surface area contributed by atoms with Crippen LogP contribution in [0.1, 0.15) is 49.2 Å². The molecule has 1 aliphatic heterocycles. The van der Waals surface area contributed by atoms with Gasteiger partial charge in [-0.15, -0.1) is 0 Å². The van der Waals surface area contributed by atoms with Crippen molar-refractivity contribution < 1.29 is 32.3 Å². The zero-order valence-electron chi connectivity index (χ0n) is 20.2. The van der Waals surface area contributed by atoms with Crippen LogP contribution in [-0.2, 0) is 11.0 Å². The molecule has 0 atom stereocenters. The lowest BCUT2D eigenvalue weighted by atomic mass is 9.78. The van der Waals surface area contributed by atoms with E-state index in [1.807, 2.05) is 0 Å². The van der Waals surface area contributed by atoms with Gasteiger partial charge < -0.3 is 14.9 Å². The molecule has 5 rings (SSSR count). The van der Waals surface area contributed by atoms with E-state index in [-0.39, 0.29) is 42.5 Å². The van der Waals surface area contributed by atoms with Gasteiger partial charge in [-0.25, -0.2) is 13.9 Å². The van der Waals surface area contributed by atoms with Crippen LogP contribution in [0.2, 0.25) is 0 Å². The van der Waals surface area contributed by atoms with Crippen LogP contribution in [0.3, 0.4) is 0 Å². The van der Waals surface area contributed by atoms with E-state index in [1.165, 1.54) is 21.9 Å². The number of benzene rings is 1. The van der Waals surface area contributed by atoms with E-state index in [0.29, 0.717) is 12.8 Å². The number of aliphatic hydroxyl groups is 1. The highest BCUT2D eigenvalue weighted by molar-refractivity contribution is 5.94. The van der Waals surface area contributed by atoms with Gasteiger partial charge in [-0.3, -0.25) is 9.59 Å². The topological polar surface area (TPSA) is 91.0 Å². The van der Waals surface area contributed by atoms with Crippen LogP contribution in [0, 0.1) is 5.82 Å². The van der Waals surface area contributed by atoms with Crippen molar-refractivity contribution in [3.05, 3.63) is 53.6 Å². The van der Waals surface area contributed by atoms with E-state index in [4.69, 9.17) is 0 Å². The Bertz CT molecular complexity index is 1380. The molecule has 2 aromatic heterocycles. The van der Waals surface area contributed by atoms with Gasteiger partial charge in [0, 0.05) is 25.2 Å². The van der Waals surface area contributed by atoms with Gasteiger partial charge in [0.1, 0.15) is 22.7 Å². The van der Waals surface area contributed by atoms with Gasteiger partial charge in [-0.2, -0.15) is 18.3 Å². The van der Waals surface area contributed by atoms with Crippen LogP contribution in [0.25, 0.3) is 16.9 Å². The van der Waals surface area contributed by atoms with E-state index < -0.39 is 40.3 Å². The Balaban J connectivity index is 1.46. The summed E-state index contributed by atoms with van der Waals surface area (Å²) in [7, 11) is 0. The van der Waals surface area contributed by atoms with Crippen LogP contribution < -0.4 is 0 Å². The number of piperazine rings is 1. The van der Waals surface area contributed by atoms with Gasteiger partial charge >= 0.3 is 6.18 Å². The molecule has 1 saturated carbocycles. The Morgan fingerprint density at radius 2 is 1.76 bits per heavy atom. The summed E-state index contributed by atoms with van der Waals surface area (Å²) in [6, 6.07) is 5.69. The summed E-state index contributed by atoms with van der Waals surface area (Å²) in [6.45, 7) is 3.97. The predicted molar refractivity (Wildman–Crippen MR) is 124 cm³/mol. The molecule has 0 radical (unpaired) electrons. The number of aromatic nitrogens is 3. The second-order valence-electron chi connectivity index (χ2n) is 10.2. The zero-order chi connectivity index (χ0) is 26.8. The van der Waals surface area contributed by atoms with Crippen LogP contribution in [-0.4, -0.2) is 72.1 Å². The van der Waals surface area contributed by atoms with Gasteiger partial charge in [0.25, 0.3) is 11.8 Å². The van der Waals surface area contributed by atoms with Crippen molar-refractivity contribution in [1.82, 2.24) is 24.4 Å². The summed E-state index contributed by atoms with van der Waals surface area (Å²) >= 11 is 0. The molecule has 0 bridgehead atoms. The summed E-state index contributed by atoms with van der Waals surface area (Å²) in [6.07, 6.45) is -2.06. The first-order valence-corrected chi connectivity index (χ1v) is 11.9. The number of imidazole rings is 1. The highest BCUT2D eigenvalue weighted by Crippen LogP contribution is 2.36. The fourth-order valence-electron chi connectivity index (χ4n) is 4.91. The number of alkyl halides is 3. The first-order chi connectivity index (χ1) is 17.3. The standard InChI is InChI=1S/C25H25F4N5O3/c1-23(2)14-32(22(36)24(37)8-3-9-24)10-11-33(23)21(35)19-13-34-20(30-19)17(25(27,28)29)12-18(31-34)15-4-6-16(26)7-5-15/h4-7,12-13,37H,3,8-11,14H2,1-2H3. The molecular formula is C25H25F4N5O3. The van der Waals surface area contributed by atoms with Gasteiger partial charge in [-0.1, -0.05) is 0 Å². The molecule has 37 heavy (non-hydrogen) atoms. The summed E-state index contributed by atoms with van der Waals surface area (Å²) in [4.78, 5) is 33.2. The molecule has 1 aromatic carbocycles. The SMILES string of the molecule is CC1(C)CN(C(=O)C2(O)CCC2)CCN1C(=O)c1cn2nc(-c3ccc(F)cc3)cc(C(F)(F)F)c2n1. The van der Waals surface area contributed by atoms with Crippen LogP contribution in [0.15, 0.2) is 36.5 Å². The Kier molecular flexibility index (Phi) is 5.78. The maximum Gasteiger partial charge on any atom is 0.420 e. The number of fused-ring (bicyclic) bond motifs is 1. The number of carbonyl (C=O) groups is 2. The van der Waals surface area contributed by atoms with Crippen molar-refractivity contribution in [3.63, 3.8) is 0 Å². The normalized spacial score (nSPS) is 19.1. The number of nitrogens with zero attached hydrogens (tertiary/aromatic N) is 5.